The first kappa shape index (κ1) is 12.0. The molecule has 4 nitrogen and oxygen atoms in total. The highest BCUT2D eigenvalue weighted by Gasteiger charge is 2.24. The number of rotatable bonds is 2. The van der Waals surface area contributed by atoms with Crippen LogP contribution in [0.5, 0.6) is 0 Å². The third kappa shape index (κ3) is 3.27. The number of hydrogen-bond donors (Lipinski definition) is 2. The third-order valence-electron chi connectivity index (χ3n) is 3.14. The van der Waals surface area contributed by atoms with Gasteiger partial charge in [0.05, 0.1) is 11.9 Å². The number of nitrogens with zero attached hydrogens (tertiary/aromatic N) is 1. The largest absolute Gasteiger partial charge is 0.324 e. The molecular weight excluding hydrogens is 214 g/mol. The Morgan fingerprint density at radius 3 is 3.06 bits per heavy atom. The minimum Gasteiger partial charge on any atom is -0.324 e. The van der Waals surface area contributed by atoms with Gasteiger partial charge >= 0.3 is 0 Å². The Kier molecular flexibility index (Phi) is 3.74. The smallest absolute Gasteiger partial charge is 0.227 e. The van der Waals surface area contributed by atoms with Crippen LogP contribution in [0.25, 0.3) is 0 Å². The number of aryl methyl sites for hydroxylation is 1. The van der Waals surface area contributed by atoms with Crippen LogP contribution in [-0.2, 0) is 4.79 Å². The molecule has 0 saturated carbocycles. The second-order valence-corrected chi connectivity index (χ2v) is 4.82. The fraction of sp³-hybridized carbons (Fsp3) is 0.538. The van der Waals surface area contributed by atoms with Gasteiger partial charge in [-0.25, -0.2) is 0 Å². The zero-order valence-corrected chi connectivity index (χ0v) is 10.4. The first-order chi connectivity index (χ1) is 8.15. The fourth-order valence-electron chi connectivity index (χ4n) is 2.24. The number of nitrogens with one attached hydrogen (secondary N) is 2. The van der Waals surface area contributed by atoms with Crippen LogP contribution in [0.1, 0.15) is 25.3 Å². The zero-order chi connectivity index (χ0) is 12.3. The summed E-state index contributed by atoms with van der Waals surface area (Å²) in [6.45, 7) is 5.01. The fourth-order valence-corrected chi connectivity index (χ4v) is 2.24. The van der Waals surface area contributed by atoms with Gasteiger partial charge in [-0.05, 0) is 44.9 Å². The van der Waals surface area contributed by atoms with Crippen molar-refractivity contribution in [3.05, 3.63) is 24.0 Å². The van der Waals surface area contributed by atoms with Crippen LogP contribution >= 0.6 is 0 Å². The van der Waals surface area contributed by atoms with Gasteiger partial charge in [0, 0.05) is 18.2 Å². The van der Waals surface area contributed by atoms with Crippen molar-refractivity contribution in [1.29, 1.82) is 0 Å². The molecule has 92 valence electrons. The van der Waals surface area contributed by atoms with Gasteiger partial charge in [-0.15, -0.1) is 0 Å². The molecule has 17 heavy (non-hydrogen) atoms. The number of carbonyl (C=O) groups excluding carboxylic acids is 1. The first-order valence-corrected chi connectivity index (χ1v) is 6.11. The Balaban J connectivity index is 1.96. The number of anilines is 1. The van der Waals surface area contributed by atoms with Crippen LogP contribution in [-0.4, -0.2) is 23.5 Å². The van der Waals surface area contributed by atoms with Gasteiger partial charge in [0.25, 0.3) is 0 Å². The second kappa shape index (κ2) is 5.27. The van der Waals surface area contributed by atoms with Gasteiger partial charge in [0.1, 0.15) is 0 Å². The van der Waals surface area contributed by atoms with Crippen molar-refractivity contribution in [1.82, 2.24) is 10.3 Å². The topological polar surface area (TPSA) is 54.0 Å². The van der Waals surface area contributed by atoms with E-state index in [0.717, 1.165) is 30.6 Å². The Hall–Kier alpha value is -1.42. The Morgan fingerprint density at radius 2 is 2.35 bits per heavy atom. The molecular formula is C13H19N3O. The van der Waals surface area contributed by atoms with E-state index in [1.165, 1.54) is 0 Å². The Bertz CT molecular complexity index is 405. The minimum atomic E-state index is 0.116. The highest BCUT2D eigenvalue weighted by atomic mass is 16.1. The van der Waals surface area contributed by atoms with Gasteiger partial charge in [0.2, 0.25) is 5.91 Å². The summed E-state index contributed by atoms with van der Waals surface area (Å²) in [5, 5.41) is 6.29. The molecule has 1 saturated heterocycles. The van der Waals surface area contributed by atoms with E-state index < -0.39 is 0 Å². The quantitative estimate of drug-likeness (QED) is 0.817. The van der Waals surface area contributed by atoms with Gasteiger partial charge in [0.15, 0.2) is 0 Å². The zero-order valence-electron chi connectivity index (χ0n) is 10.4. The van der Waals surface area contributed by atoms with Crippen LogP contribution in [0.4, 0.5) is 5.69 Å². The molecule has 0 aromatic carbocycles. The van der Waals surface area contributed by atoms with E-state index >= 15 is 0 Å². The highest BCUT2D eigenvalue weighted by Crippen LogP contribution is 2.18. The molecule has 2 atom stereocenters. The molecule has 1 fully saturated rings. The van der Waals surface area contributed by atoms with Crippen molar-refractivity contribution in [2.75, 3.05) is 11.9 Å². The molecule has 0 radical (unpaired) electrons. The molecule has 2 heterocycles. The van der Waals surface area contributed by atoms with E-state index in [4.69, 9.17) is 0 Å². The molecule has 1 aromatic rings. The lowest BCUT2D eigenvalue weighted by atomic mass is 9.92. The minimum absolute atomic E-state index is 0.116. The van der Waals surface area contributed by atoms with E-state index in [2.05, 4.69) is 22.5 Å². The van der Waals surface area contributed by atoms with Crippen LogP contribution in [0.3, 0.4) is 0 Å². The first-order valence-electron chi connectivity index (χ1n) is 6.11. The van der Waals surface area contributed by atoms with Crippen LogP contribution in [0.2, 0.25) is 0 Å². The lowest BCUT2D eigenvalue weighted by molar-refractivity contribution is -0.120. The number of carbonyl (C=O) groups is 1. The van der Waals surface area contributed by atoms with Crippen LogP contribution in [0.15, 0.2) is 18.5 Å². The van der Waals surface area contributed by atoms with E-state index in [1.807, 2.05) is 13.0 Å². The third-order valence-corrected chi connectivity index (χ3v) is 3.14. The Labute approximate surface area is 102 Å². The van der Waals surface area contributed by atoms with Crippen molar-refractivity contribution >= 4 is 11.6 Å². The Morgan fingerprint density at radius 1 is 1.53 bits per heavy atom. The average Bonchev–Trinajstić information content (AvgIpc) is 2.29. The molecule has 1 amide bonds. The van der Waals surface area contributed by atoms with Crippen molar-refractivity contribution in [2.24, 2.45) is 5.92 Å². The molecule has 1 aliphatic rings. The molecule has 2 rings (SSSR count). The maximum atomic E-state index is 12.1. The average molecular weight is 233 g/mol. The van der Waals surface area contributed by atoms with Crippen LogP contribution < -0.4 is 10.6 Å². The molecule has 4 heteroatoms. The summed E-state index contributed by atoms with van der Waals surface area (Å²) in [7, 11) is 0. The number of pyridine rings is 1. The lowest BCUT2D eigenvalue weighted by Crippen LogP contribution is -2.40. The predicted molar refractivity (Wildman–Crippen MR) is 67.8 cm³/mol. The second-order valence-electron chi connectivity index (χ2n) is 4.82. The molecule has 0 spiro atoms. The lowest BCUT2D eigenvalue weighted by Gasteiger charge is -2.27. The number of amides is 1. The predicted octanol–water partition coefficient (Wildman–Crippen LogP) is 1.72. The summed E-state index contributed by atoms with van der Waals surface area (Å²) in [5.41, 5.74) is 1.85. The number of piperidine rings is 1. The van der Waals surface area contributed by atoms with E-state index in [0.29, 0.717) is 6.04 Å². The maximum Gasteiger partial charge on any atom is 0.227 e. The SMILES string of the molecule is Cc1cncc(NC(=O)C2CCNC(C)C2)c1. The van der Waals surface area contributed by atoms with E-state index in [1.54, 1.807) is 12.4 Å². The number of aromatic nitrogens is 1. The van der Waals surface area contributed by atoms with Gasteiger partial charge in [-0.3, -0.25) is 9.78 Å². The summed E-state index contributed by atoms with van der Waals surface area (Å²) >= 11 is 0. The summed E-state index contributed by atoms with van der Waals surface area (Å²) in [6.07, 6.45) is 5.29. The van der Waals surface area contributed by atoms with E-state index in [9.17, 15) is 4.79 Å². The van der Waals surface area contributed by atoms with Gasteiger partial charge in [-0.1, -0.05) is 0 Å². The molecule has 2 N–H and O–H groups in total. The summed E-state index contributed by atoms with van der Waals surface area (Å²) < 4.78 is 0. The maximum absolute atomic E-state index is 12.1. The molecule has 0 bridgehead atoms. The molecule has 1 aliphatic heterocycles. The van der Waals surface area contributed by atoms with Crippen molar-refractivity contribution < 1.29 is 4.79 Å². The summed E-state index contributed by atoms with van der Waals surface area (Å²) in [6, 6.07) is 2.37. The molecule has 1 aromatic heterocycles. The highest BCUT2D eigenvalue weighted by molar-refractivity contribution is 5.92. The van der Waals surface area contributed by atoms with Crippen molar-refractivity contribution in [3.8, 4) is 0 Å². The summed E-state index contributed by atoms with van der Waals surface area (Å²) in [5.74, 6) is 0.234. The normalized spacial score (nSPS) is 24.4. The van der Waals surface area contributed by atoms with Crippen molar-refractivity contribution in [2.45, 2.75) is 32.7 Å². The molecule has 0 aliphatic carbocycles. The monoisotopic (exact) mass is 233 g/mol. The van der Waals surface area contributed by atoms with Gasteiger partial charge < -0.3 is 10.6 Å². The standard InChI is InChI=1S/C13H19N3O/c1-9-5-12(8-14-7-9)16-13(17)11-3-4-15-10(2)6-11/h5,7-8,10-11,15H,3-4,6H2,1-2H3,(H,16,17). The van der Waals surface area contributed by atoms with E-state index in [-0.39, 0.29) is 11.8 Å². The molecule has 2 unspecified atom stereocenters. The van der Waals surface area contributed by atoms with Crippen LogP contribution in [0, 0.1) is 12.8 Å². The summed E-state index contributed by atoms with van der Waals surface area (Å²) in [4.78, 5) is 16.1. The van der Waals surface area contributed by atoms with Crippen molar-refractivity contribution in [3.63, 3.8) is 0 Å². The number of hydrogen-bond acceptors (Lipinski definition) is 3. The van der Waals surface area contributed by atoms with Gasteiger partial charge in [-0.2, -0.15) is 0 Å².